The van der Waals surface area contributed by atoms with E-state index in [9.17, 15) is 0 Å². The average Bonchev–Trinajstić information content (AvgIpc) is 3.80. The van der Waals surface area contributed by atoms with Gasteiger partial charge < -0.3 is 9.47 Å². The van der Waals surface area contributed by atoms with Crippen LogP contribution in [0, 0.1) is 0 Å². The minimum absolute atomic E-state index is 0.0167. The smallest absolute Gasteiger partial charge is 0.0618 e. The number of rotatable bonds is 8. The summed E-state index contributed by atoms with van der Waals surface area (Å²) >= 11 is 0. The largest absolute Gasteiger partial charge is 0.309 e. The summed E-state index contributed by atoms with van der Waals surface area (Å²) in [6.45, 7) is 13.9. The maximum absolute atomic E-state index is 2.54. The van der Waals surface area contributed by atoms with Gasteiger partial charge in [-0.3, -0.25) is 0 Å². The van der Waals surface area contributed by atoms with Gasteiger partial charge in [0.05, 0.1) is 28.1 Å². The Bertz CT molecular complexity index is 4100. The van der Waals surface area contributed by atoms with Crippen LogP contribution in [0.3, 0.4) is 0 Å². The van der Waals surface area contributed by atoms with Gasteiger partial charge in [-0.15, -0.1) is 0 Å². The van der Waals surface area contributed by atoms with Crippen LogP contribution in [0.1, 0.15) is 52.7 Å². The zero-order valence-electron chi connectivity index (χ0n) is 43.0. The van der Waals surface area contributed by atoms with Crippen molar-refractivity contribution in [3.05, 3.63) is 254 Å². The third-order valence-corrected chi connectivity index (χ3v) is 15.5. The molecule has 0 N–H and O–H groups in total. The fourth-order valence-corrected chi connectivity index (χ4v) is 11.6. The molecule has 0 aliphatic heterocycles. The molecule has 0 fully saturated rings. The molecule has 0 saturated heterocycles. The van der Waals surface area contributed by atoms with Gasteiger partial charge in [0, 0.05) is 38.4 Å². The topological polar surface area (TPSA) is 8.17 Å². The quantitative estimate of drug-likeness (QED) is 0.138. The van der Waals surface area contributed by atoms with Gasteiger partial charge in [-0.05, 0) is 131 Å². The zero-order valence-corrected chi connectivity index (χ0v) is 43.0. The minimum atomic E-state index is 0.0167. The van der Waals surface area contributed by atoms with E-state index < -0.39 is 0 Å². The third-order valence-electron chi connectivity index (χ3n) is 15.5. The van der Waals surface area contributed by atoms with Gasteiger partial charge >= 0.3 is 0 Å². The van der Waals surface area contributed by atoms with Crippen molar-refractivity contribution in [2.45, 2.75) is 52.4 Å². The van der Waals surface area contributed by atoms with Crippen LogP contribution in [0.25, 0.3) is 104 Å². The van der Waals surface area contributed by atoms with Crippen molar-refractivity contribution < 1.29 is 0 Å². The van der Waals surface area contributed by atoms with Crippen LogP contribution in [-0.2, 0) is 10.8 Å². The molecule has 0 bridgehead atoms. The Morgan fingerprint density at radius 3 is 1.31 bits per heavy atom. The van der Waals surface area contributed by atoms with Gasteiger partial charge in [-0.25, -0.2) is 0 Å². The number of benzene rings is 12. The van der Waals surface area contributed by atoms with Gasteiger partial charge in [0.25, 0.3) is 0 Å². The maximum Gasteiger partial charge on any atom is 0.0618 e. The number of anilines is 3. The second-order valence-electron chi connectivity index (χ2n) is 22.2. The number of para-hydroxylation sites is 1. The molecule has 13 rings (SSSR count). The summed E-state index contributed by atoms with van der Waals surface area (Å²) in [5.41, 5.74) is 19.1. The third kappa shape index (κ3) is 7.64. The van der Waals surface area contributed by atoms with E-state index >= 15 is 0 Å². The Labute approximate surface area is 434 Å². The lowest BCUT2D eigenvalue weighted by Crippen LogP contribution is -2.13. The van der Waals surface area contributed by atoms with Gasteiger partial charge in [-0.1, -0.05) is 230 Å². The molecule has 0 spiro atoms. The molecule has 0 atom stereocenters. The van der Waals surface area contributed by atoms with Crippen LogP contribution in [-0.4, -0.2) is 4.57 Å². The standard InChI is InChI=1S/C72H58N2/c1-71(2,3)55-34-42-66-62(45-55)63-46-56(72(4,5)6)35-43-67(63)74(66)65-41-33-52-30-38-60-64(40-32-51-31-39-61(65)69(52)68(51)60)73(57-36-28-48(29-37-57)54-25-16-24-53(44-54)47-18-10-7-11-19-47)70-58(49-20-12-8-13-21-49)26-17-27-59(70)50-22-14-9-15-23-50/h7-46H,1-6H3. The Balaban J connectivity index is 1.06. The van der Waals surface area contributed by atoms with E-state index in [4.69, 9.17) is 0 Å². The number of aromatic nitrogens is 1. The molecule has 1 heterocycles. The zero-order chi connectivity index (χ0) is 50.3. The minimum Gasteiger partial charge on any atom is -0.309 e. The molecule has 0 aliphatic rings. The van der Waals surface area contributed by atoms with Crippen molar-refractivity contribution >= 4 is 71.2 Å². The summed E-state index contributed by atoms with van der Waals surface area (Å²) in [5.74, 6) is 0. The first kappa shape index (κ1) is 45.2. The molecule has 356 valence electrons. The summed E-state index contributed by atoms with van der Waals surface area (Å²) in [6.07, 6.45) is 0. The van der Waals surface area contributed by atoms with E-state index in [0.717, 1.165) is 39.3 Å². The molecule has 0 amide bonds. The highest BCUT2D eigenvalue weighted by Gasteiger charge is 2.27. The summed E-state index contributed by atoms with van der Waals surface area (Å²) in [5, 5.41) is 10.0. The van der Waals surface area contributed by atoms with Crippen molar-refractivity contribution in [1.82, 2.24) is 4.57 Å². The van der Waals surface area contributed by atoms with Gasteiger partial charge in [-0.2, -0.15) is 0 Å². The van der Waals surface area contributed by atoms with E-state index in [-0.39, 0.29) is 10.8 Å². The fraction of sp³-hybridized carbons (Fsp3) is 0.111. The second-order valence-corrected chi connectivity index (χ2v) is 22.2. The molecule has 0 unspecified atom stereocenters. The number of hydrogen-bond acceptors (Lipinski definition) is 1. The van der Waals surface area contributed by atoms with Crippen LogP contribution in [0.15, 0.2) is 243 Å². The normalized spacial score (nSPS) is 12.2. The molecule has 1 aromatic heterocycles. The van der Waals surface area contributed by atoms with Crippen LogP contribution in [0.4, 0.5) is 17.1 Å². The van der Waals surface area contributed by atoms with E-state index in [1.165, 1.54) is 93.2 Å². The first-order chi connectivity index (χ1) is 36.0. The second kappa shape index (κ2) is 17.5. The number of fused-ring (bicyclic) bond motifs is 3. The summed E-state index contributed by atoms with van der Waals surface area (Å²) in [4.78, 5) is 2.54. The Kier molecular flexibility index (Phi) is 10.7. The van der Waals surface area contributed by atoms with Crippen LogP contribution >= 0.6 is 0 Å². The van der Waals surface area contributed by atoms with Crippen molar-refractivity contribution in [1.29, 1.82) is 0 Å². The van der Waals surface area contributed by atoms with Crippen LogP contribution in [0.2, 0.25) is 0 Å². The van der Waals surface area contributed by atoms with Crippen molar-refractivity contribution in [2.75, 3.05) is 4.90 Å². The highest BCUT2D eigenvalue weighted by atomic mass is 15.1. The first-order valence-electron chi connectivity index (χ1n) is 26.1. The van der Waals surface area contributed by atoms with Gasteiger partial charge in [0.1, 0.15) is 0 Å². The number of nitrogens with zero attached hydrogens (tertiary/aromatic N) is 2. The highest BCUT2D eigenvalue weighted by Crippen LogP contribution is 2.51. The molecule has 13 aromatic rings. The number of hydrogen-bond donors (Lipinski definition) is 0. The van der Waals surface area contributed by atoms with Gasteiger partial charge in [0.2, 0.25) is 0 Å². The van der Waals surface area contributed by atoms with E-state index in [0.29, 0.717) is 0 Å². The van der Waals surface area contributed by atoms with E-state index in [1.54, 1.807) is 0 Å². The predicted octanol–water partition coefficient (Wildman–Crippen LogP) is 20.4. The maximum atomic E-state index is 2.54. The molecule has 74 heavy (non-hydrogen) atoms. The SMILES string of the molecule is CC(C)(C)c1ccc2c(c1)c1cc(C(C)(C)C)ccc1n2-c1ccc2ccc3c(N(c4ccc(-c5cccc(-c6ccccc6)c5)cc4)c4c(-c5ccccc5)cccc4-c4ccccc4)ccc4ccc1c2c43. The summed E-state index contributed by atoms with van der Waals surface area (Å²) in [7, 11) is 0. The Morgan fingerprint density at radius 1 is 0.324 bits per heavy atom. The lowest BCUT2D eigenvalue weighted by molar-refractivity contribution is 0.590. The first-order valence-corrected chi connectivity index (χ1v) is 26.1. The fourth-order valence-electron chi connectivity index (χ4n) is 11.6. The van der Waals surface area contributed by atoms with Crippen molar-refractivity contribution in [2.24, 2.45) is 0 Å². The molecular weight excluding hydrogens is 893 g/mol. The van der Waals surface area contributed by atoms with Crippen LogP contribution in [0.5, 0.6) is 0 Å². The van der Waals surface area contributed by atoms with Crippen LogP contribution < -0.4 is 4.90 Å². The Morgan fingerprint density at radius 2 is 0.770 bits per heavy atom. The molecule has 0 radical (unpaired) electrons. The molecule has 2 heteroatoms. The van der Waals surface area contributed by atoms with Gasteiger partial charge in [0.15, 0.2) is 0 Å². The summed E-state index contributed by atoms with van der Waals surface area (Å²) in [6, 6.07) is 90.4. The predicted molar refractivity (Wildman–Crippen MR) is 318 cm³/mol. The lowest BCUT2D eigenvalue weighted by atomic mass is 9.85. The Hall–Kier alpha value is -8.72. The van der Waals surface area contributed by atoms with Crippen molar-refractivity contribution in [3.8, 4) is 50.2 Å². The monoisotopic (exact) mass is 950 g/mol. The molecule has 12 aromatic carbocycles. The van der Waals surface area contributed by atoms with E-state index in [1.807, 2.05) is 0 Å². The average molecular weight is 951 g/mol. The van der Waals surface area contributed by atoms with Crippen molar-refractivity contribution in [3.63, 3.8) is 0 Å². The molecular formula is C72H58N2. The molecule has 0 aliphatic carbocycles. The molecule has 0 saturated carbocycles. The highest BCUT2D eigenvalue weighted by molar-refractivity contribution is 6.28. The van der Waals surface area contributed by atoms with E-state index in [2.05, 4.69) is 294 Å². The lowest BCUT2D eigenvalue weighted by Gasteiger charge is -2.32. The molecule has 2 nitrogen and oxygen atoms in total. The summed E-state index contributed by atoms with van der Waals surface area (Å²) < 4.78 is 2.53.